The Morgan fingerprint density at radius 3 is 2.60 bits per heavy atom. The Morgan fingerprint density at radius 1 is 1.00 bits per heavy atom. The lowest BCUT2D eigenvalue weighted by Crippen LogP contribution is -2.27. The number of ketones is 1. The van der Waals surface area contributed by atoms with Crippen molar-refractivity contribution in [1.82, 2.24) is 10.6 Å². The van der Waals surface area contributed by atoms with Gasteiger partial charge in [0.1, 0.15) is 6.61 Å². The van der Waals surface area contributed by atoms with Crippen LogP contribution in [-0.2, 0) is 25.4 Å². The van der Waals surface area contributed by atoms with Crippen molar-refractivity contribution in [3.8, 4) is 11.1 Å². The van der Waals surface area contributed by atoms with E-state index < -0.39 is 6.09 Å². The second kappa shape index (κ2) is 18.4. The van der Waals surface area contributed by atoms with Gasteiger partial charge in [-0.1, -0.05) is 49.7 Å². The number of carbonyl (C=O) groups is 3. The number of benzene rings is 2. The van der Waals surface area contributed by atoms with Gasteiger partial charge in [-0.05, 0) is 66.8 Å². The van der Waals surface area contributed by atoms with Crippen molar-refractivity contribution in [3.63, 3.8) is 0 Å². The van der Waals surface area contributed by atoms with E-state index >= 15 is 0 Å². The third-order valence-corrected chi connectivity index (χ3v) is 7.68. The Hall–Kier alpha value is -3.27. The number of hydrogen-bond donors (Lipinski definition) is 3. The molecule has 0 radical (unpaired) electrons. The molecule has 0 saturated heterocycles. The maximum atomic E-state index is 13.4. The van der Waals surface area contributed by atoms with E-state index in [9.17, 15) is 14.4 Å². The standard InChI is InChI=1S/C34H48N2O7/c1-4-5-19-41-21-17-36-32(39)13-6-9-25-14-15-27-29(22-25)30(23-43-34(40)35-3)26-10-7-11-28(33(26)27)31(38)12-8-20-42-24(2)16-18-37/h7,10-11,14-15,22,24,30,37H,4-6,8-9,12-13,16-21,23H2,1-3H3,(H,35,40)(H,36,39). The lowest BCUT2D eigenvalue weighted by atomic mass is 9.93. The molecule has 2 unspecified atom stereocenters. The fraction of sp³-hybridized carbons (Fsp3) is 0.559. The number of rotatable bonds is 20. The number of Topliss-reactive ketones (excluding diaryl/α,β-unsaturated/α-hetero) is 1. The number of ether oxygens (including phenoxy) is 3. The molecule has 0 heterocycles. The topological polar surface area (TPSA) is 123 Å². The summed E-state index contributed by atoms with van der Waals surface area (Å²) >= 11 is 0. The molecule has 2 aromatic carbocycles. The van der Waals surface area contributed by atoms with Crippen molar-refractivity contribution in [1.29, 1.82) is 0 Å². The van der Waals surface area contributed by atoms with Gasteiger partial charge in [-0.2, -0.15) is 0 Å². The third kappa shape index (κ3) is 10.4. The van der Waals surface area contributed by atoms with Crippen LogP contribution in [0.15, 0.2) is 36.4 Å². The van der Waals surface area contributed by atoms with Crippen molar-refractivity contribution in [3.05, 3.63) is 58.7 Å². The predicted molar refractivity (Wildman–Crippen MR) is 166 cm³/mol. The third-order valence-electron chi connectivity index (χ3n) is 7.68. The number of carbonyl (C=O) groups excluding carboxylic acids is 3. The summed E-state index contributed by atoms with van der Waals surface area (Å²) in [6, 6.07) is 12.0. The second-order valence-corrected chi connectivity index (χ2v) is 11.0. The molecule has 3 N–H and O–H groups in total. The first-order valence-electron chi connectivity index (χ1n) is 15.6. The van der Waals surface area contributed by atoms with Gasteiger partial charge in [-0.15, -0.1) is 0 Å². The average Bonchev–Trinajstić information content (AvgIpc) is 3.32. The molecular weight excluding hydrogens is 548 g/mol. The molecule has 0 saturated carbocycles. The van der Waals surface area contributed by atoms with E-state index in [4.69, 9.17) is 19.3 Å². The van der Waals surface area contributed by atoms with Gasteiger partial charge in [0.15, 0.2) is 5.78 Å². The number of unbranched alkanes of at least 4 members (excludes halogenated alkanes) is 1. The molecule has 0 fully saturated rings. The van der Waals surface area contributed by atoms with Crippen LogP contribution in [0.4, 0.5) is 4.79 Å². The van der Waals surface area contributed by atoms with E-state index in [0.717, 1.165) is 53.7 Å². The molecule has 1 aliphatic rings. The number of aryl methyl sites for hydroxylation is 1. The highest BCUT2D eigenvalue weighted by molar-refractivity contribution is 6.04. The van der Waals surface area contributed by atoms with Crippen LogP contribution in [0.25, 0.3) is 11.1 Å². The van der Waals surface area contributed by atoms with Crippen molar-refractivity contribution in [2.75, 3.05) is 46.6 Å². The van der Waals surface area contributed by atoms with Crippen LogP contribution in [0.5, 0.6) is 0 Å². The summed E-state index contributed by atoms with van der Waals surface area (Å²) in [7, 11) is 1.53. The van der Waals surface area contributed by atoms with Gasteiger partial charge in [0.2, 0.25) is 5.91 Å². The van der Waals surface area contributed by atoms with Crippen LogP contribution >= 0.6 is 0 Å². The Balaban J connectivity index is 1.68. The van der Waals surface area contributed by atoms with Gasteiger partial charge < -0.3 is 30.0 Å². The minimum Gasteiger partial charge on any atom is -0.449 e. The summed E-state index contributed by atoms with van der Waals surface area (Å²) < 4.78 is 16.7. The molecule has 2 amide bonds. The van der Waals surface area contributed by atoms with Gasteiger partial charge in [-0.3, -0.25) is 9.59 Å². The molecule has 9 nitrogen and oxygen atoms in total. The van der Waals surface area contributed by atoms with Gasteiger partial charge in [0, 0.05) is 57.7 Å². The Kier molecular flexibility index (Phi) is 14.6. The van der Waals surface area contributed by atoms with Gasteiger partial charge in [-0.25, -0.2) is 4.79 Å². The zero-order chi connectivity index (χ0) is 31.0. The van der Waals surface area contributed by atoms with E-state index in [1.54, 1.807) is 0 Å². The summed E-state index contributed by atoms with van der Waals surface area (Å²) in [5.74, 6) is -0.144. The summed E-state index contributed by atoms with van der Waals surface area (Å²) in [5, 5.41) is 14.5. The number of aliphatic hydroxyl groups is 1. The summed E-state index contributed by atoms with van der Waals surface area (Å²) in [4.78, 5) is 37.6. The highest BCUT2D eigenvalue weighted by Gasteiger charge is 2.33. The van der Waals surface area contributed by atoms with Gasteiger partial charge in [0.25, 0.3) is 0 Å². The molecule has 43 heavy (non-hydrogen) atoms. The first-order valence-corrected chi connectivity index (χ1v) is 15.6. The molecule has 2 aromatic rings. The minimum atomic E-state index is -0.504. The lowest BCUT2D eigenvalue weighted by molar-refractivity contribution is -0.121. The van der Waals surface area contributed by atoms with E-state index in [0.29, 0.717) is 57.4 Å². The number of hydrogen-bond acceptors (Lipinski definition) is 7. The minimum absolute atomic E-state index is 0.0147. The molecule has 0 bridgehead atoms. The zero-order valence-corrected chi connectivity index (χ0v) is 25.9. The van der Waals surface area contributed by atoms with E-state index in [2.05, 4.69) is 29.7 Å². The summed E-state index contributed by atoms with van der Waals surface area (Å²) in [5.41, 5.74) is 5.61. The molecule has 1 aliphatic carbocycles. The van der Waals surface area contributed by atoms with E-state index in [1.807, 2.05) is 31.2 Å². The molecular formula is C34H48N2O7. The Labute approximate surface area is 255 Å². The van der Waals surface area contributed by atoms with Gasteiger partial charge >= 0.3 is 6.09 Å². The largest absolute Gasteiger partial charge is 0.449 e. The first-order chi connectivity index (χ1) is 20.9. The molecule has 9 heteroatoms. The SMILES string of the molecule is CCCCOCCNC(=O)CCCc1ccc2c(c1)C(COC(=O)NC)c1cccc(C(=O)CCCOC(C)CCO)c1-2. The highest BCUT2D eigenvalue weighted by atomic mass is 16.5. The Morgan fingerprint density at radius 2 is 1.84 bits per heavy atom. The van der Waals surface area contributed by atoms with Crippen LogP contribution in [0, 0.1) is 0 Å². The molecule has 0 aromatic heterocycles. The van der Waals surface area contributed by atoms with Crippen molar-refractivity contribution >= 4 is 17.8 Å². The molecule has 2 atom stereocenters. The fourth-order valence-electron chi connectivity index (χ4n) is 5.33. The fourth-order valence-corrected chi connectivity index (χ4v) is 5.33. The monoisotopic (exact) mass is 596 g/mol. The average molecular weight is 597 g/mol. The number of amides is 2. The lowest BCUT2D eigenvalue weighted by Gasteiger charge is -2.15. The van der Waals surface area contributed by atoms with Crippen LogP contribution in [0.3, 0.4) is 0 Å². The highest BCUT2D eigenvalue weighted by Crippen LogP contribution is 2.47. The maximum absolute atomic E-state index is 13.4. The van der Waals surface area contributed by atoms with Crippen LogP contribution in [0.1, 0.15) is 91.8 Å². The molecule has 3 rings (SSSR count). The van der Waals surface area contributed by atoms with Crippen molar-refractivity contribution in [2.24, 2.45) is 0 Å². The van der Waals surface area contributed by atoms with Crippen LogP contribution in [0.2, 0.25) is 0 Å². The van der Waals surface area contributed by atoms with Crippen LogP contribution < -0.4 is 10.6 Å². The van der Waals surface area contributed by atoms with E-state index in [-0.39, 0.29) is 36.9 Å². The zero-order valence-electron chi connectivity index (χ0n) is 25.9. The number of nitrogens with one attached hydrogen (secondary N) is 2. The number of alkyl carbamates (subject to hydrolysis) is 1. The molecule has 236 valence electrons. The molecule has 0 aliphatic heterocycles. The smallest absolute Gasteiger partial charge is 0.406 e. The maximum Gasteiger partial charge on any atom is 0.406 e. The normalized spacial score (nSPS) is 14.1. The van der Waals surface area contributed by atoms with Crippen LogP contribution in [-0.4, -0.2) is 75.6 Å². The number of aliphatic hydroxyl groups excluding tert-OH is 1. The van der Waals surface area contributed by atoms with Gasteiger partial charge in [0.05, 0.1) is 12.7 Å². The van der Waals surface area contributed by atoms with E-state index in [1.165, 1.54) is 7.05 Å². The summed E-state index contributed by atoms with van der Waals surface area (Å²) in [6.45, 7) is 6.48. The van der Waals surface area contributed by atoms with Crippen molar-refractivity contribution < 1.29 is 33.7 Å². The quantitative estimate of drug-likeness (QED) is 0.143. The Bertz CT molecular complexity index is 1200. The summed E-state index contributed by atoms with van der Waals surface area (Å²) in [6.07, 6.45) is 4.93. The van der Waals surface area contributed by atoms with Crippen molar-refractivity contribution in [2.45, 2.75) is 77.2 Å². The molecule has 0 spiro atoms. The number of fused-ring (bicyclic) bond motifs is 3. The predicted octanol–water partition coefficient (Wildman–Crippen LogP) is 5.16. The first kappa shape index (κ1) is 34.2. The second-order valence-electron chi connectivity index (χ2n) is 11.0.